The Morgan fingerprint density at radius 1 is 1.00 bits per heavy atom. The lowest BCUT2D eigenvalue weighted by atomic mass is 10.1. The first kappa shape index (κ1) is 24.4. The molecule has 29 heavy (non-hydrogen) atoms. The maximum Gasteiger partial charge on any atom is 0.186 e. The molecule has 0 bridgehead atoms. The van der Waals surface area contributed by atoms with Crippen LogP contribution < -0.4 is 4.57 Å². The number of unbranched alkanes of at least 4 members (excludes halogenated alkanes) is 9. The van der Waals surface area contributed by atoms with Gasteiger partial charge in [0.05, 0.1) is 8.48 Å². The quantitative estimate of drug-likeness (QED) is 0.143. The summed E-state index contributed by atoms with van der Waals surface area (Å²) in [4.78, 5) is 0. The zero-order chi connectivity index (χ0) is 21.1. The molecule has 0 amide bonds. The van der Waals surface area contributed by atoms with E-state index in [-0.39, 0.29) is 2.91 Å². The zero-order valence-electron chi connectivity index (χ0n) is 17.7. The lowest BCUT2D eigenvalue weighted by molar-refractivity contribution is -0.703. The van der Waals surface area contributed by atoms with Crippen molar-refractivity contribution in [2.45, 2.75) is 84.6 Å². The van der Waals surface area contributed by atoms with Crippen LogP contribution in [0, 0.1) is 6.92 Å². The van der Waals surface area contributed by atoms with Crippen LogP contribution in [0.4, 0.5) is 0 Å². The molecule has 0 aromatic carbocycles. The van der Waals surface area contributed by atoms with Crippen molar-refractivity contribution in [2.75, 3.05) is 0 Å². The van der Waals surface area contributed by atoms with Crippen molar-refractivity contribution in [3.8, 4) is 0 Å². The number of nitrogens with zero attached hydrogens (tertiary/aromatic N) is 1. The first-order valence-corrected chi connectivity index (χ1v) is 14.4. The van der Waals surface area contributed by atoms with E-state index in [0.717, 1.165) is 27.7 Å². The van der Waals surface area contributed by atoms with Gasteiger partial charge in [-0.3, -0.25) is 0 Å². The summed E-state index contributed by atoms with van der Waals surface area (Å²) in [7, 11) is -4.34. The number of pyridine rings is 1. The molecule has 0 atom stereocenters. The third-order valence-corrected chi connectivity index (χ3v) is 10.4. The predicted molar refractivity (Wildman–Crippen MR) is 128 cm³/mol. The van der Waals surface area contributed by atoms with Gasteiger partial charge in [0.1, 0.15) is 16.7 Å². The lowest BCUT2D eigenvalue weighted by Crippen LogP contribution is -2.38. The molecule has 0 spiro atoms. The average Bonchev–Trinajstić information content (AvgIpc) is 2.70. The maximum absolute atomic E-state index is 11.4. The Hall–Kier alpha value is -0.860. The van der Waals surface area contributed by atoms with E-state index in [9.17, 15) is 13.0 Å². The molecule has 0 aliphatic carbocycles. The van der Waals surface area contributed by atoms with Gasteiger partial charge in [-0.1, -0.05) is 85.1 Å². The Morgan fingerprint density at radius 3 is 2.24 bits per heavy atom. The Labute approximate surface area is 186 Å². The molecular formula is C23H34INO3S. The fourth-order valence-corrected chi connectivity index (χ4v) is 7.45. The van der Waals surface area contributed by atoms with Crippen LogP contribution in [-0.4, -0.2) is 16.5 Å². The van der Waals surface area contributed by atoms with Gasteiger partial charge < -0.3 is 4.55 Å². The van der Waals surface area contributed by atoms with Crippen molar-refractivity contribution in [1.82, 2.24) is 0 Å². The molecule has 0 saturated carbocycles. The van der Waals surface area contributed by atoms with E-state index in [1.807, 2.05) is 18.2 Å². The SMILES string of the molecule is CCCCCCCCCCCC[n+]1cccc(C2=IC(S(=O)(=O)[O-])=CC=C2)c1C. The smallest absolute Gasteiger partial charge is 0.186 e. The van der Waals surface area contributed by atoms with Gasteiger partial charge in [-0.25, -0.2) is 13.0 Å². The molecule has 0 unspecified atom stereocenters. The van der Waals surface area contributed by atoms with Crippen LogP contribution in [0.2, 0.25) is 0 Å². The summed E-state index contributed by atoms with van der Waals surface area (Å²) in [5, 5.41) is 0. The lowest BCUT2D eigenvalue weighted by Gasteiger charge is -2.13. The highest BCUT2D eigenvalue weighted by Gasteiger charge is 2.16. The Bertz CT molecular complexity index is 857. The van der Waals surface area contributed by atoms with Crippen molar-refractivity contribution < 1.29 is 17.5 Å². The summed E-state index contributed by atoms with van der Waals surface area (Å²) in [5.74, 6) is 0. The van der Waals surface area contributed by atoms with Crippen molar-refractivity contribution in [1.29, 1.82) is 0 Å². The first-order valence-electron chi connectivity index (χ1n) is 10.8. The second-order valence-corrected chi connectivity index (χ2v) is 12.6. The summed E-state index contributed by atoms with van der Waals surface area (Å²) in [6.07, 6.45) is 20.4. The molecule has 4 nitrogen and oxygen atoms in total. The zero-order valence-corrected chi connectivity index (χ0v) is 20.7. The molecule has 0 saturated heterocycles. The molecule has 2 heterocycles. The van der Waals surface area contributed by atoms with E-state index < -0.39 is 30.8 Å². The number of halogens is 1. The highest BCUT2D eigenvalue weighted by molar-refractivity contribution is 14.2. The van der Waals surface area contributed by atoms with Crippen molar-refractivity contribution in [2.24, 2.45) is 0 Å². The average molecular weight is 532 g/mol. The van der Waals surface area contributed by atoms with E-state index in [2.05, 4.69) is 24.6 Å². The molecule has 0 N–H and O–H groups in total. The number of rotatable bonds is 13. The van der Waals surface area contributed by atoms with Gasteiger partial charge in [-0.05, 0) is 24.6 Å². The van der Waals surface area contributed by atoms with Gasteiger partial charge in [-0.2, -0.15) is 0 Å². The van der Waals surface area contributed by atoms with Crippen molar-refractivity contribution in [3.05, 3.63) is 50.7 Å². The minimum atomic E-state index is -4.34. The second kappa shape index (κ2) is 12.7. The summed E-state index contributed by atoms with van der Waals surface area (Å²) in [6.45, 7) is 5.32. The predicted octanol–water partition coefficient (Wildman–Crippen LogP) is 5.65. The highest BCUT2D eigenvalue weighted by Crippen LogP contribution is 2.28. The fraction of sp³-hybridized carbons (Fsp3) is 0.565. The van der Waals surface area contributed by atoms with Crippen molar-refractivity contribution >= 4 is 34.4 Å². The molecule has 0 fully saturated rings. The minimum Gasteiger partial charge on any atom is -0.744 e. The van der Waals surface area contributed by atoms with E-state index in [0.29, 0.717) is 0 Å². The summed E-state index contributed by atoms with van der Waals surface area (Å²) in [5.41, 5.74) is 2.21. The second-order valence-electron chi connectivity index (χ2n) is 7.61. The van der Waals surface area contributed by atoms with E-state index in [1.54, 1.807) is 6.08 Å². The molecule has 1 aromatic heterocycles. The van der Waals surface area contributed by atoms with Crippen LogP contribution in [0.15, 0.2) is 39.5 Å². The van der Waals surface area contributed by atoms with Crippen LogP contribution in [0.5, 0.6) is 0 Å². The van der Waals surface area contributed by atoms with Gasteiger partial charge in [-0.15, -0.1) is 0 Å². The molecule has 1 aliphatic rings. The van der Waals surface area contributed by atoms with Crippen LogP contribution >= 0.6 is 20.7 Å². The van der Waals surface area contributed by atoms with Gasteiger partial charge in [0.2, 0.25) is 0 Å². The number of aromatic nitrogens is 1. The third kappa shape index (κ3) is 8.42. The van der Waals surface area contributed by atoms with Gasteiger partial charge in [0.15, 0.2) is 11.9 Å². The van der Waals surface area contributed by atoms with Crippen LogP contribution in [-0.2, 0) is 16.7 Å². The molecule has 0 radical (unpaired) electrons. The molecule has 162 valence electrons. The monoisotopic (exact) mass is 531 g/mol. The largest absolute Gasteiger partial charge is 0.744 e. The Kier molecular flexibility index (Phi) is 10.7. The van der Waals surface area contributed by atoms with E-state index >= 15 is 0 Å². The number of allylic oxidation sites excluding steroid dienone is 3. The number of aryl methyl sites for hydroxylation is 1. The Morgan fingerprint density at radius 2 is 1.62 bits per heavy atom. The van der Waals surface area contributed by atoms with Gasteiger partial charge >= 0.3 is 0 Å². The topological polar surface area (TPSA) is 61.1 Å². The summed E-state index contributed by atoms with van der Waals surface area (Å²) >= 11 is -0.968. The first-order chi connectivity index (χ1) is 13.9. The van der Waals surface area contributed by atoms with Gasteiger partial charge in [0, 0.05) is 22.9 Å². The highest BCUT2D eigenvalue weighted by atomic mass is 127. The number of hydrogen-bond acceptors (Lipinski definition) is 3. The summed E-state index contributed by atoms with van der Waals surface area (Å²) in [6, 6.07) is 4.05. The fourth-order valence-electron chi connectivity index (χ4n) is 3.54. The van der Waals surface area contributed by atoms with Crippen LogP contribution in [0.3, 0.4) is 0 Å². The minimum absolute atomic E-state index is 0.0540. The standard InChI is InChI=1S/C23H34INO3S/c1-3-4-5-6-7-8-9-10-11-12-18-25-19-14-15-21(20(25)2)22-16-13-17-23(24-22)29(26,27)28/h13-17,19H,3-12,18H2,1-2H3. The normalized spacial score (nSPS) is 14.3. The van der Waals surface area contributed by atoms with Gasteiger partial charge in [0.25, 0.3) is 0 Å². The van der Waals surface area contributed by atoms with Crippen LogP contribution in [0.1, 0.15) is 82.4 Å². The molecule has 1 aromatic rings. The summed E-state index contributed by atoms with van der Waals surface area (Å²) < 4.78 is 37.5. The van der Waals surface area contributed by atoms with E-state index in [1.165, 1.54) is 63.9 Å². The van der Waals surface area contributed by atoms with Crippen molar-refractivity contribution in [3.63, 3.8) is 0 Å². The molecular weight excluding hydrogens is 497 g/mol. The molecule has 2 rings (SSSR count). The molecule has 6 heteroatoms. The maximum atomic E-state index is 11.4. The third-order valence-electron chi connectivity index (χ3n) is 5.26. The van der Waals surface area contributed by atoms with Crippen LogP contribution in [0.25, 0.3) is 0 Å². The number of hydrogen-bond donors (Lipinski definition) is 0. The van der Waals surface area contributed by atoms with E-state index in [4.69, 9.17) is 0 Å². The Balaban J connectivity index is 1.83. The molecule has 1 aliphatic heterocycles.